The summed E-state index contributed by atoms with van der Waals surface area (Å²) in [5.74, 6) is -0.370. The van der Waals surface area contributed by atoms with Gasteiger partial charge in [0.1, 0.15) is 30.2 Å². The smallest absolute Gasteiger partial charge is 0.338 e. The summed E-state index contributed by atoms with van der Waals surface area (Å²) < 4.78 is 41.4. The molecule has 0 aromatic heterocycles. The molecule has 19 atom stereocenters. The predicted octanol–water partition coefficient (Wildman–Crippen LogP) is 3.67. The Morgan fingerprint density at radius 3 is 2.19 bits per heavy atom. The van der Waals surface area contributed by atoms with Crippen LogP contribution in [0.4, 0.5) is 0 Å². The van der Waals surface area contributed by atoms with Crippen molar-refractivity contribution in [2.24, 2.45) is 46.3 Å². The number of rotatable bonds is 13. The zero-order chi connectivity index (χ0) is 44.8. The number of fused-ring (bicyclic) bond motifs is 5. The number of aliphatic hydroxyl groups is 6. The number of carbonyl (C=O) groups is 2. The first-order chi connectivity index (χ1) is 29.4. The van der Waals surface area contributed by atoms with E-state index in [-0.39, 0.29) is 53.3 Å². The van der Waals surface area contributed by atoms with Gasteiger partial charge in [-0.05, 0) is 117 Å². The average Bonchev–Trinajstić information content (AvgIpc) is 3.50. The molecule has 0 radical (unpaired) electrons. The maximum atomic E-state index is 13.3. The van der Waals surface area contributed by atoms with Crippen molar-refractivity contribution >= 4 is 11.9 Å². The molecule has 62 heavy (non-hydrogen) atoms. The van der Waals surface area contributed by atoms with Crippen LogP contribution >= 0.6 is 0 Å². The molecule has 348 valence electrons. The number of benzene rings is 1. The fourth-order valence-electron chi connectivity index (χ4n) is 12.2. The second-order valence-corrected chi connectivity index (χ2v) is 19.9. The van der Waals surface area contributed by atoms with Crippen molar-refractivity contribution in [1.29, 1.82) is 0 Å². The van der Waals surface area contributed by atoms with Gasteiger partial charge in [0, 0.05) is 12.3 Å². The summed E-state index contributed by atoms with van der Waals surface area (Å²) in [5, 5.41) is 68.0. The van der Waals surface area contributed by atoms with Crippen LogP contribution in [0.2, 0.25) is 0 Å². The molecule has 2 aliphatic heterocycles. The monoisotopic (exact) mass is 874 g/mol. The molecule has 5 fully saturated rings. The van der Waals surface area contributed by atoms with Gasteiger partial charge in [-0.15, -0.1) is 0 Å². The second kappa shape index (κ2) is 19.0. The van der Waals surface area contributed by atoms with Crippen molar-refractivity contribution in [3.63, 3.8) is 0 Å². The van der Waals surface area contributed by atoms with Gasteiger partial charge in [-0.1, -0.05) is 46.3 Å². The Morgan fingerprint density at radius 2 is 1.53 bits per heavy atom. The first-order valence-electron chi connectivity index (χ1n) is 22.7. The topological polar surface area (TPSA) is 220 Å². The number of aliphatic hydroxyl groups excluding tert-OH is 6. The number of methoxy groups -OCH3 is 1. The van der Waals surface area contributed by atoms with E-state index in [4.69, 9.17) is 33.2 Å². The summed E-state index contributed by atoms with van der Waals surface area (Å²) in [7, 11) is 1.49. The first-order valence-corrected chi connectivity index (χ1v) is 22.7. The highest BCUT2D eigenvalue weighted by molar-refractivity contribution is 5.89. The summed E-state index contributed by atoms with van der Waals surface area (Å²) in [5.41, 5.74) is 0.649. The number of carbonyl (C=O) groups excluding carboxylic acids is 2. The molecule has 0 bridgehead atoms. The Kier molecular flexibility index (Phi) is 14.5. The van der Waals surface area contributed by atoms with Crippen LogP contribution in [0.1, 0.15) is 103 Å². The molecule has 2 heterocycles. The predicted molar refractivity (Wildman–Crippen MR) is 222 cm³/mol. The number of esters is 2. The Morgan fingerprint density at radius 1 is 0.855 bits per heavy atom. The lowest BCUT2D eigenvalue weighted by molar-refractivity contribution is -0.341. The second-order valence-electron chi connectivity index (χ2n) is 19.9. The number of hydrogen-bond acceptors (Lipinski definition) is 15. The molecule has 0 spiro atoms. The molecule has 0 amide bonds. The lowest BCUT2D eigenvalue weighted by Gasteiger charge is -2.61. The maximum absolute atomic E-state index is 13.3. The normalized spacial score (nSPS) is 42.7. The highest BCUT2D eigenvalue weighted by Crippen LogP contribution is 2.68. The summed E-state index contributed by atoms with van der Waals surface area (Å²) in [4.78, 5) is 26.0. The third-order valence-corrected chi connectivity index (χ3v) is 15.8. The van der Waals surface area contributed by atoms with Crippen LogP contribution in [-0.2, 0) is 33.2 Å². The van der Waals surface area contributed by atoms with Crippen LogP contribution in [0.25, 0.3) is 0 Å². The zero-order valence-corrected chi connectivity index (χ0v) is 37.2. The highest BCUT2D eigenvalue weighted by Gasteiger charge is 2.66. The van der Waals surface area contributed by atoms with Gasteiger partial charge >= 0.3 is 11.9 Å². The van der Waals surface area contributed by atoms with E-state index in [9.17, 15) is 40.2 Å². The van der Waals surface area contributed by atoms with Crippen molar-refractivity contribution in [3.8, 4) is 5.75 Å². The van der Waals surface area contributed by atoms with Crippen LogP contribution in [0.15, 0.2) is 35.9 Å². The SMILES string of the molecule is COc1ccc(C(=O)OC2C(OC3C(O)COC(O[C@H]4CC5C6CC=C7C[C@@H](O)CC[C@]7(C)C6CC([C@H](C)C(O)CCC(C)C)[C@]5(C)[C@@H]4O)C3OC(C)=O)OCC(O)C2O)cc1. The minimum atomic E-state index is -1.64. The molecule has 2 saturated heterocycles. The van der Waals surface area contributed by atoms with Crippen molar-refractivity contribution in [2.75, 3.05) is 20.3 Å². The van der Waals surface area contributed by atoms with Crippen LogP contribution in [0, 0.1) is 46.3 Å². The van der Waals surface area contributed by atoms with Gasteiger partial charge in [-0.25, -0.2) is 4.79 Å². The molecular formula is C47H70O15. The summed E-state index contributed by atoms with van der Waals surface area (Å²) >= 11 is 0. The molecule has 1 aromatic carbocycles. The van der Waals surface area contributed by atoms with E-state index in [1.807, 2.05) is 0 Å². The molecule has 6 N–H and O–H groups in total. The lowest BCUT2D eigenvalue weighted by atomic mass is 9.44. The summed E-state index contributed by atoms with van der Waals surface area (Å²) in [6.07, 6.45) is -6.21. The van der Waals surface area contributed by atoms with Gasteiger partial charge in [-0.3, -0.25) is 4.79 Å². The van der Waals surface area contributed by atoms with Crippen LogP contribution in [0.3, 0.4) is 0 Å². The standard InChI is InChI=1S/C47H70O15/c1-23(2)8-15-34(50)24(3)31-19-32-30(14-11-27-18-28(49)16-17-46(27,32)5)33-20-37(42(54)47(31,33)6)60-45-41(59-25(4)48)39(36(52)22-58-45)62-44-40(38(53)35(51)21-57-44)61-43(55)26-9-12-29(56-7)13-10-26/h9-13,23-24,28,30-42,44-45,49-54H,8,14-22H2,1-7H3/t24-,28-,30?,31?,32?,33?,34?,35?,36?,37-,38?,39?,40?,41?,42+,44?,45?,46-,47-/m0/s1. The first kappa shape index (κ1) is 47.3. The van der Waals surface area contributed by atoms with Gasteiger partial charge in [0.2, 0.25) is 0 Å². The van der Waals surface area contributed by atoms with Gasteiger partial charge in [-0.2, -0.15) is 0 Å². The number of hydrogen-bond donors (Lipinski definition) is 6. The molecule has 3 saturated carbocycles. The van der Waals surface area contributed by atoms with Gasteiger partial charge in [0.05, 0.1) is 50.3 Å². The molecule has 15 nitrogen and oxygen atoms in total. The summed E-state index contributed by atoms with van der Waals surface area (Å²) in [6.45, 7) is 11.4. The van der Waals surface area contributed by atoms with Gasteiger partial charge in [0.15, 0.2) is 24.8 Å². The van der Waals surface area contributed by atoms with Crippen LogP contribution in [-0.4, -0.2) is 137 Å². The van der Waals surface area contributed by atoms with Crippen molar-refractivity contribution in [1.82, 2.24) is 0 Å². The maximum Gasteiger partial charge on any atom is 0.338 e. The molecule has 15 heteroatoms. The Hall–Kier alpha value is -2.70. The van der Waals surface area contributed by atoms with E-state index in [1.165, 1.54) is 31.7 Å². The van der Waals surface area contributed by atoms with Gasteiger partial charge < -0.3 is 63.8 Å². The van der Waals surface area contributed by atoms with Crippen LogP contribution < -0.4 is 4.74 Å². The quantitative estimate of drug-likeness (QED) is 0.123. The Balaban J connectivity index is 1.15. The Bertz CT molecular complexity index is 1740. The fraction of sp³-hybridized carbons (Fsp3) is 0.787. The molecule has 4 aliphatic carbocycles. The van der Waals surface area contributed by atoms with E-state index in [0.29, 0.717) is 30.9 Å². The number of allylic oxidation sites excluding steroid dienone is 1. The van der Waals surface area contributed by atoms with Crippen molar-refractivity contribution in [2.45, 2.75) is 167 Å². The molecule has 13 unspecified atom stereocenters. The Labute approximate surface area is 365 Å². The largest absolute Gasteiger partial charge is 0.497 e. The van der Waals surface area contributed by atoms with E-state index in [1.54, 1.807) is 12.1 Å². The summed E-state index contributed by atoms with van der Waals surface area (Å²) in [6, 6.07) is 6.07. The van der Waals surface area contributed by atoms with E-state index in [2.05, 4.69) is 40.7 Å². The third kappa shape index (κ3) is 9.10. The van der Waals surface area contributed by atoms with E-state index in [0.717, 1.165) is 32.1 Å². The van der Waals surface area contributed by atoms with E-state index < -0.39 is 91.5 Å². The van der Waals surface area contributed by atoms with Crippen molar-refractivity contribution < 1.29 is 73.4 Å². The zero-order valence-electron chi connectivity index (χ0n) is 37.2. The molecule has 7 rings (SSSR count). The fourth-order valence-corrected chi connectivity index (χ4v) is 12.2. The van der Waals surface area contributed by atoms with Gasteiger partial charge in [0.25, 0.3) is 0 Å². The van der Waals surface area contributed by atoms with Crippen molar-refractivity contribution in [3.05, 3.63) is 41.5 Å². The molecule has 6 aliphatic rings. The third-order valence-electron chi connectivity index (χ3n) is 15.8. The average molecular weight is 875 g/mol. The number of ether oxygens (including phenoxy) is 7. The van der Waals surface area contributed by atoms with Crippen LogP contribution in [0.5, 0.6) is 5.75 Å². The lowest BCUT2D eigenvalue weighted by Crippen LogP contribution is -2.62. The molecule has 1 aromatic rings. The minimum absolute atomic E-state index is 0.00873. The highest BCUT2D eigenvalue weighted by atomic mass is 16.7. The minimum Gasteiger partial charge on any atom is -0.497 e. The molecular weight excluding hydrogens is 805 g/mol. The van der Waals surface area contributed by atoms with E-state index >= 15 is 0 Å².